The Morgan fingerprint density at radius 1 is 1.45 bits per heavy atom. The lowest BCUT2D eigenvalue weighted by Crippen LogP contribution is -2.41. The van der Waals surface area contributed by atoms with Crippen LogP contribution >= 0.6 is 11.3 Å². The second-order valence-electron chi connectivity index (χ2n) is 5.23. The van der Waals surface area contributed by atoms with Gasteiger partial charge in [0, 0.05) is 13.6 Å². The third-order valence-corrected chi connectivity index (χ3v) is 3.60. The van der Waals surface area contributed by atoms with Crippen LogP contribution in [0.3, 0.4) is 0 Å². The molecule has 1 heterocycles. The number of likely N-dealkylation sites (N-methyl/N-ethyl adjacent to an activating group) is 1. The average Bonchev–Trinajstić information content (AvgIpc) is 2.88. The molecular weight excluding hydrogens is 276 g/mol. The fraction of sp³-hybridized carbons (Fsp3) is 0.571. The zero-order chi connectivity index (χ0) is 15.1. The van der Waals surface area contributed by atoms with Crippen LogP contribution in [-0.4, -0.2) is 48.1 Å². The van der Waals surface area contributed by atoms with E-state index >= 15 is 0 Å². The van der Waals surface area contributed by atoms with Crippen molar-refractivity contribution in [2.75, 3.05) is 20.1 Å². The number of carbonyl (C=O) groups excluding carboxylic acids is 2. The van der Waals surface area contributed by atoms with Crippen molar-refractivity contribution >= 4 is 23.2 Å². The Hall–Kier alpha value is -1.40. The van der Waals surface area contributed by atoms with E-state index in [2.05, 4.69) is 5.32 Å². The highest BCUT2D eigenvalue weighted by Crippen LogP contribution is 2.10. The molecule has 0 spiro atoms. The van der Waals surface area contributed by atoms with E-state index in [9.17, 15) is 14.7 Å². The third kappa shape index (κ3) is 5.71. The summed E-state index contributed by atoms with van der Waals surface area (Å²) >= 11 is 1.35. The van der Waals surface area contributed by atoms with Crippen LogP contribution in [0.1, 0.15) is 29.9 Å². The second-order valence-corrected chi connectivity index (χ2v) is 6.17. The summed E-state index contributed by atoms with van der Waals surface area (Å²) in [4.78, 5) is 25.6. The van der Waals surface area contributed by atoms with Crippen LogP contribution in [0, 0.1) is 5.92 Å². The van der Waals surface area contributed by atoms with Crippen LogP contribution < -0.4 is 5.32 Å². The molecule has 0 aliphatic carbocycles. The molecule has 0 aliphatic rings. The molecule has 2 amide bonds. The number of nitrogens with zero attached hydrogens (tertiary/aromatic N) is 1. The third-order valence-electron chi connectivity index (χ3n) is 2.74. The maximum absolute atomic E-state index is 11.9. The van der Waals surface area contributed by atoms with Crippen molar-refractivity contribution < 1.29 is 14.7 Å². The standard InChI is InChI=1S/C14H22N2O3S/c1-10(2)7-11(17)8-15-13(18)9-16(3)14(19)12-5-4-6-20-12/h4-6,10-11,17H,7-9H2,1-3H3,(H,15,18). The first kappa shape index (κ1) is 16.7. The number of thiophene rings is 1. The van der Waals surface area contributed by atoms with Gasteiger partial charge >= 0.3 is 0 Å². The molecule has 0 fully saturated rings. The molecule has 2 N–H and O–H groups in total. The Bertz CT molecular complexity index is 432. The second kappa shape index (κ2) is 8.01. The van der Waals surface area contributed by atoms with Gasteiger partial charge in [0.15, 0.2) is 0 Å². The van der Waals surface area contributed by atoms with E-state index in [0.29, 0.717) is 17.2 Å². The number of aliphatic hydroxyl groups excluding tert-OH is 1. The van der Waals surface area contributed by atoms with E-state index in [1.807, 2.05) is 19.2 Å². The van der Waals surface area contributed by atoms with E-state index in [1.54, 1.807) is 19.2 Å². The van der Waals surface area contributed by atoms with Crippen LogP contribution in [0.2, 0.25) is 0 Å². The van der Waals surface area contributed by atoms with Crippen molar-refractivity contribution in [3.8, 4) is 0 Å². The smallest absolute Gasteiger partial charge is 0.264 e. The molecule has 1 atom stereocenters. The molecule has 112 valence electrons. The molecule has 1 aromatic heterocycles. The van der Waals surface area contributed by atoms with Gasteiger partial charge in [0.2, 0.25) is 5.91 Å². The first-order valence-electron chi connectivity index (χ1n) is 6.64. The van der Waals surface area contributed by atoms with Gasteiger partial charge in [-0.3, -0.25) is 9.59 Å². The molecular formula is C14H22N2O3S. The summed E-state index contributed by atoms with van der Waals surface area (Å²) in [6.07, 6.45) is 0.0989. The van der Waals surface area contributed by atoms with E-state index in [-0.39, 0.29) is 24.9 Å². The summed E-state index contributed by atoms with van der Waals surface area (Å²) in [5.74, 6) is -0.0527. The largest absolute Gasteiger partial charge is 0.391 e. The number of hydrogen-bond acceptors (Lipinski definition) is 4. The molecule has 1 rings (SSSR count). The molecule has 1 unspecified atom stereocenters. The van der Waals surface area contributed by atoms with Crippen LogP contribution in [0.25, 0.3) is 0 Å². The number of rotatable bonds is 7. The minimum absolute atomic E-state index is 0.00880. The fourth-order valence-electron chi connectivity index (χ4n) is 1.79. The minimum Gasteiger partial charge on any atom is -0.391 e. The Kier molecular flexibility index (Phi) is 6.67. The maximum atomic E-state index is 11.9. The van der Waals surface area contributed by atoms with Crippen LogP contribution in [0.15, 0.2) is 17.5 Å². The molecule has 0 bridgehead atoms. The summed E-state index contributed by atoms with van der Waals surface area (Å²) in [5, 5.41) is 14.1. The molecule has 1 aromatic rings. The molecule has 0 saturated carbocycles. The summed E-state index contributed by atoms with van der Waals surface area (Å²) in [6.45, 7) is 4.24. The Morgan fingerprint density at radius 2 is 2.15 bits per heavy atom. The van der Waals surface area contributed by atoms with Gasteiger partial charge in [-0.2, -0.15) is 0 Å². The van der Waals surface area contributed by atoms with Gasteiger partial charge in [-0.1, -0.05) is 19.9 Å². The first-order chi connectivity index (χ1) is 9.40. The summed E-state index contributed by atoms with van der Waals surface area (Å²) in [5.41, 5.74) is 0. The quantitative estimate of drug-likeness (QED) is 0.798. The number of amides is 2. The lowest BCUT2D eigenvalue weighted by molar-refractivity contribution is -0.122. The van der Waals surface area contributed by atoms with Crippen molar-refractivity contribution in [3.63, 3.8) is 0 Å². The predicted octanol–water partition coefficient (Wildman–Crippen LogP) is 1.34. The van der Waals surface area contributed by atoms with Gasteiger partial charge in [0.25, 0.3) is 5.91 Å². The van der Waals surface area contributed by atoms with Gasteiger partial charge in [0.05, 0.1) is 17.5 Å². The van der Waals surface area contributed by atoms with Gasteiger partial charge in [-0.05, 0) is 23.8 Å². The highest BCUT2D eigenvalue weighted by atomic mass is 32.1. The monoisotopic (exact) mass is 298 g/mol. The van der Waals surface area contributed by atoms with E-state index < -0.39 is 6.10 Å². The normalized spacial score (nSPS) is 12.2. The average molecular weight is 298 g/mol. The SMILES string of the molecule is CC(C)CC(O)CNC(=O)CN(C)C(=O)c1cccs1. The maximum Gasteiger partial charge on any atom is 0.264 e. The molecule has 0 saturated heterocycles. The topological polar surface area (TPSA) is 69.6 Å². The molecule has 6 heteroatoms. The molecule has 0 radical (unpaired) electrons. The lowest BCUT2D eigenvalue weighted by atomic mass is 10.1. The van der Waals surface area contributed by atoms with Crippen molar-refractivity contribution in [2.45, 2.75) is 26.4 Å². The number of hydrogen-bond donors (Lipinski definition) is 2. The molecule has 5 nitrogen and oxygen atoms in total. The summed E-state index contributed by atoms with van der Waals surface area (Å²) in [7, 11) is 1.59. The highest BCUT2D eigenvalue weighted by molar-refractivity contribution is 7.12. The number of nitrogens with one attached hydrogen (secondary N) is 1. The van der Waals surface area contributed by atoms with Crippen molar-refractivity contribution in [3.05, 3.63) is 22.4 Å². The minimum atomic E-state index is -0.544. The molecule has 0 aromatic carbocycles. The Labute approximate surface area is 123 Å². The number of carbonyl (C=O) groups is 2. The highest BCUT2D eigenvalue weighted by Gasteiger charge is 2.16. The van der Waals surface area contributed by atoms with Gasteiger partial charge in [-0.15, -0.1) is 11.3 Å². The van der Waals surface area contributed by atoms with Crippen LogP contribution in [-0.2, 0) is 4.79 Å². The van der Waals surface area contributed by atoms with Crippen molar-refractivity contribution in [1.82, 2.24) is 10.2 Å². The first-order valence-corrected chi connectivity index (χ1v) is 7.51. The Morgan fingerprint density at radius 3 is 2.70 bits per heavy atom. The van der Waals surface area contributed by atoms with Crippen molar-refractivity contribution in [2.24, 2.45) is 5.92 Å². The van der Waals surface area contributed by atoms with E-state index in [0.717, 1.165) is 0 Å². The van der Waals surface area contributed by atoms with E-state index in [4.69, 9.17) is 0 Å². The molecule has 20 heavy (non-hydrogen) atoms. The molecule has 0 aliphatic heterocycles. The summed E-state index contributed by atoms with van der Waals surface area (Å²) in [6, 6.07) is 3.53. The van der Waals surface area contributed by atoms with Crippen LogP contribution in [0.5, 0.6) is 0 Å². The zero-order valence-electron chi connectivity index (χ0n) is 12.1. The van der Waals surface area contributed by atoms with Crippen LogP contribution in [0.4, 0.5) is 0 Å². The predicted molar refractivity (Wildman–Crippen MR) is 79.8 cm³/mol. The van der Waals surface area contributed by atoms with Gasteiger partial charge < -0.3 is 15.3 Å². The van der Waals surface area contributed by atoms with Gasteiger partial charge in [-0.25, -0.2) is 0 Å². The summed E-state index contributed by atoms with van der Waals surface area (Å²) < 4.78 is 0. The lowest BCUT2D eigenvalue weighted by Gasteiger charge is -2.17. The van der Waals surface area contributed by atoms with E-state index in [1.165, 1.54) is 16.2 Å². The number of aliphatic hydroxyl groups is 1. The van der Waals surface area contributed by atoms with Gasteiger partial charge in [0.1, 0.15) is 0 Å². The van der Waals surface area contributed by atoms with Crippen molar-refractivity contribution in [1.29, 1.82) is 0 Å². The Balaban J connectivity index is 2.33. The zero-order valence-corrected chi connectivity index (χ0v) is 12.9. The fourth-order valence-corrected chi connectivity index (χ4v) is 2.51.